The molecule has 0 radical (unpaired) electrons. The molecular formula is C15H21N3S. The highest BCUT2D eigenvalue weighted by atomic mass is 32.1. The van der Waals surface area contributed by atoms with Gasteiger partial charge in [-0.25, -0.2) is 4.98 Å². The minimum Gasteiger partial charge on any atom is -0.378 e. The summed E-state index contributed by atoms with van der Waals surface area (Å²) >= 11 is 1.72. The number of benzene rings is 1. The minimum absolute atomic E-state index is 0.340. The molecule has 0 bridgehead atoms. The average molecular weight is 275 g/mol. The first-order valence-electron chi connectivity index (χ1n) is 6.59. The standard InChI is InChI=1S/C15H21N3S/c1-4-16-14(11-15-17-9-10-19-15)12-5-7-13(8-6-12)18(2)3/h5-10,14,16H,4,11H2,1-3H3. The van der Waals surface area contributed by atoms with E-state index in [2.05, 4.69) is 60.5 Å². The van der Waals surface area contributed by atoms with Gasteiger partial charge in [-0.2, -0.15) is 0 Å². The minimum atomic E-state index is 0.340. The third-order valence-corrected chi connectivity index (χ3v) is 3.93. The third-order valence-electron chi connectivity index (χ3n) is 3.12. The Morgan fingerprint density at radius 3 is 2.53 bits per heavy atom. The molecule has 102 valence electrons. The molecule has 0 aliphatic carbocycles. The molecule has 1 heterocycles. The first-order chi connectivity index (χ1) is 9.20. The highest BCUT2D eigenvalue weighted by Crippen LogP contribution is 2.22. The second-order valence-electron chi connectivity index (χ2n) is 4.73. The molecule has 1 aromatic carbocycles. The summed E-state index contributed by atoms with van der Waals surface area (Å²) in [6.45, 7) is 3.11. The number of likely N-dealkylation sites (N-methyl/N-ethyl adjacent to an activating group) is 1. The van der Waals surface area contributed by atoms with Gasteiger partial charge < -0.3 is 10.2 Å². The van der Waals surface area contributed by atoms with E-state index in [0.717, 1.165) is 13.0 Å². The summed E-state index contributed by atoms with van der Waals surface area (Å²) in [5, 5.41) is 6.76. The molecule has 2 rings (SSSR count). The number of nitrogens with zero attached hydrogens (tertiary/aromatic N) is 2. The van der Waals surface area contributed by atoms with E-state index in [9.17, 15) is 0 Å². The largest absolute Gasteiger partial charge is 0.378 e. The Morgan fingerprint density at radius 2 is 2.00 bits per heavy atom. The molecule has 0 amide bonds. The van der Waals surface area contributed by atoms with Gasteiger partial charge >= 0.3 is 0 Å². The van der Waals surface area contributed by atoms with Crippen molar-refractivity contribution >= 4 is 17.0 Å². The van der Waals surface area contributed by atoms with Gasteiger partial charge in [-0.1, -0.05) is 19.1 Å². The van der Waals surface area contributed by atoms with Crippen molar-refractivity contribution in [3.8, 4) is 0 Å². The zero-order valence-corrected chi connectivity index (χ0v) is 12.6. The van der Waals surface area contributed by atoms with E-state index in [4.69, 9.17) is 0 Å². The number of nitrogens with one attached hydrogen (secondary N) is 1. The Morgan fingerprint density at radius 1 is 1.26 bits per heavy atom. The molecule has 0 spiro atoms. The topological polar surface area (TPSA) is 28.2 Å². The van der Waals surface area contributed by atoms with Crippen LogP contribution in [-0.4, -0.2) is 25.6 Å². The van der Waals surface area contributed by atoms with Crippen molar-refractivity contribution in [3.05, 3.63) is 46.4 Å². The Bertz CT molecular complexity index is 477. The van der Waals surface area contributed by atoms with Crippen molar-refractivity contribution in [2.24, 2.45) is 0 Å². The molecule has 19 heavy (non-hydrogen) atoms. The Labute approximate surface area is 119 Å². The average Bonchev–Trinajstić information content (AvgIpc) is 2.91. The van der Waals surface area contributed by atoms with Crippen LogP contribution in [0.25, 0.3) is 0 Å². The molecule has 1 aromatic heterocycles. The zero-order chi connectivity index (χ0) is 13.7. The summed E-state index contributed by atoms with van der Waals surface area (Å²) < 4.78 is 0. The fourth-order valence-corrected chi connectivity index (χ4v) is 2.75. The first-order valence-corrected chi connectivity index (χ1v) is 7.47. The van der Waals surface area contributed by atoms with Crippen molar-refractivity contribution in [3.63, 3.8) is 0 Å². The Kier molecular flexibility index (Phi) is 4.93. The first kappa shape index (κ1) is 14.0. The van der Waals surface area contributed by atoms with Crippen LogP contribution >= 0.6 is 11.3 Å². The lowest BCUT2D eigenvalue weighted by molar-refractivity contribution is 0.548. The van der Waals surface area contributed by atoms with Crippen LogP contribution in [0.2, 0.25) is 0 Å². The smallest absolute Gasteiger partial charge is 0.0943 e. The maximum Gasteiger partial charge on any atom is 0.0943 e. The molecule has 1 N–H and O–H groups in total. The predicted octanol–water partition coefficient (Wildman–Crippen LogP) is 3.10. The van der Waals surface area contributed by atoms with Gasteiger partial charge in [0.15, 0.2) is 0 Å². The summed E-state index contributed by atoms with van der Waals surface area (Å²) in [5.41, 5.74) is 2.55. The van der Waals surface area contributed by atoms with Crippen LogP contribution in [0.4, 0.5) is 5.69 Å². The molecule has 1 unspecified atom stereocenters. The second kappa shape index (κ2) is 6.68. The van der Waals surface area contributed by atoms with Crippen molar-refractivity contribution in [1.82, 2.24) is 10.3 Å². The predicted molar refractivity (Wildman–Crippen MR) is 83.0 cm³/mol. The summed E-state index contributed by atoms with van der Waals surface area (Å²) in [6, 6.07) is 9.09. The number of aromatic nitrogens is 1. The van der Waals surface area contributed by atoms with Crippen molar-refractivity contribution in [1.29, 1.82) is 0 Å². The SMILES string of the molecule is CCNC(Cc1nccs1)c1ccc(N(C)C)cc1. The highest BCUT2D eigenvalue weighted by Gasteiger charge is 2.12. The highest BCUT2D eigenvalue weighted by molar-refractivity contribution is 7.09. The quantitative estimate of drug-likeness (QED) is 0.878. The van der Waals surface area contributed by atoms with Crippen molar-refractivity contribution in [2.45, 2.75) is 19.4 Å². The summed E-state index contributed by atoms with van der Waals surface area (Å²) in [7, 11) is 4.12. The number of anilines is 1. The van der Waals surface area contributed by atoms with Crippen LogP contribution < -0.4 is 10.2 Å². The maximum atomic E-state index is 4.38. The number of thiazole rings is 1. The van der Waals surface area contributed by atoms with Gasteiger partial charge in [0, 0.05) is 43.8 Å². The van der Waals surface area contributed by atoms with Crippen LogP contribution in [0.15, 0.2) is 35.8 Å². The van der Waals surface area contributed by atoms with E-state index in [1.54, 1.807) is 11.3 Å². The lowest BCUT2D eigenvalue weighted by atomic mass is 10.0. The molecule has 4 heteroatoms. The van der Waals surface area contributed by atoms with Gasteiger partial charge in [-0.3, -0.25) is 0 Å². The van der Waals surface area contributed by atoms with Crippen LogP contribution in [0.3, 0.4) is 0 Å². The van der Waals surface area contributed by atoms with E-state index in [-0.39, 0.29) is 0 Å². The van der Waals surface area contributed by atoms with Gasteiger partial charge in [-0.05, 0) is 24.2 Å². The second-order valence-corrected chi connectivity index (χ2v) is 5.71. The van der Waals surface area contributed by atoms with Gasteiger partial charge in [0.2, 0.25) is 0 Å². The van der Waals surface area contributed by atoms with Crippen molar-refractivity contribution < 1.29 is 0 Å². The van der Waals surface area contributed by atoms with E-state index in [1.807, 2.05) is 11.6 Å². The van der Waals surface area contributed by atoms with Crippen molar-refractivity contribution in [2.75, 3.05) is 25.5 Å². The molecule has 0 saturated carbocycles. The summed E-state index contributed by atoms with van der Waals surface area (Å²) in [5.74, 6) is 0. The van der Waals surface area contributed by atoms with Gasteiger partial charge in [0.05, 0.1) is 5.01 Å². The maximum absolute atomic E-state index is 4.38. The molecule has 1 atom stereocenters. The molecule has 3 nitrogen and oxygen atoms in total. The molecule has 0 fully saturated rings. The van der Waals surface area contributed by atoms with E-state index >= 15 is 0 Å². The lowest BCUT2D eigenvalue weighted by Gasteiger charge is -2.19. The fraction of sp³-hybridized carbons (Fsp3) is 0.400. The number of hydrogen-bond donors (Lipinski definition) is 1. The number of hydrogen-bond acceptors (Lipinski definition) is 4. The fourth-order valence-electron chi connectivity index (χ4n) is 2.09. The molecular weight excluding hydrogens is 254 g/mol. The van der Waals surface area contributed by atoms with Crippen LogP contribution in [0, 0.1) is 0 Å². The molecule has 0 aliphatic heterocycles. The molecule has 0 saturated heterocycles. The van der Waals surface area contributed by atoms with Gasteiger partial charge in [0.1, 0.15) is 0 Å². The Balaban J connectivity index is 2.13. The van der Waals surface area contributed by atoms with E-state index in [0.29, 0.717) is 6.04 Å². The summed E-state index contributed by atoms with van der Waals surface area (Å²) in [6.07, 6.45) is 2.82. The van der Waals surface area contributed by atoms with E-state index < -0.39 is 0 Å². The Hall–Kier alpha value is -1.39. The molecule has 0 aliphatic rings. The van der Waals surface area contributed by atoms with Crippen LogP contribution in [0.5, 0.6) is 0 Å². The van der Waals surface area contributed by atoms with Crippen LogP contribution in [0.1, 0.15) is 23.5 Å². The summed E-state index contributed by atoms with van der Waals surface area (Å²) in [4.78, 5) is 6.50. The third kappa shape index (κ3) is 3.78. The lowest BCUT2D eigenvalue weighted by Crippen LogP contribution is -2.23. The molecule has 2 aromatic rings. The zero-order valence-electron chi connectivity index (χ0n) is 11.8. The van der Waals surface area contributed by atoms with Gasteiger partial charge in [0.25, 0.3) is 0 Å². The van der Waals surface area contributed by atoms with E-state index in [1.165, 1.54) is 16.3 Å². The van der Waals surface area contributed by atoms with Crippen LogP contribution in [-0.2, 0) is 6.42 Å². The monoisotopic (exact) mass is 275 g/mol. The number of rotatable bonds is 6. The normalized spacial score (nSPS) is 12.4. The van der Waals surface area contributed by atoms with Gasteiger partial charge in [-0.15, -0.1) is 11.3 Å².